The number of nitrogens with zero attached hydrogens (tertiary/aromatic N) is 1. The summed E-state index contributed by atoms with van der Waals surface area (Å²) in [6, 6.07) is -0.220. The van der Waals surface area contributed by atoms with Gasteiger partial charge in [0.05, 0.1) is 0 Å². The summed E-state index contributed by atoms with van der Waals surface area (Å²) in [6.45, 7) is 7.18. The zero-order valence-corrected chi connectivity index (χ0v) is 12.0. The van der Waals surface area contributed by atoms with Gasteiger partial charge in [0.15, 0.2) is 5.17 Å². The molecule has 0 aromatic carbocycles. The smallest absolute Gasteiger partial charge is 0.242 e. The first kappa shape index (κ1) is 14.4. The Hall–Kier alpha value is -0.710. The lowest BCUT2D eigenvalue weighted by Gasteiger charge is -2.33. The van der Waals surface area contributed by atoms with Crippen molar-refractivity contribution < 1.29 is 4.79 Å². The Labute approximate surface area is 108 Å². The monoisotopic (exact) mass is 257 g/mol. The Morgan fingerprint density at radius 1 is 1.53 bits per heavy atom. The first-order valence-electron chi connectivity index (χ1n) is 6.22. The van der Waals surface area contributed by atoms with Crippen LogP contribution in [0.15, 0.2) is 4.99 Å². The molecule has 1 rings (SSSR count). The highest BCUT2D eigenvalue weighted by atomic mass is 32.2. The number of carbonyl (C=O) groups excluding carboxylic acids is 1. The molecular formula is C12H23N3OS. The van der Waals surface area contributed by atoms with Crippen molar-refractivity contribution in [3.05, 3.63) is 0 Å². The van der Waals surface area contributed by atoms with Gasteiger partial charge < -0.3 is 10.6 Å². The zero-order valence-electron chi connectivity index (χ0n) is 11.2. The molecule has 1 heterocycles. The Morgan fingerprint density at radius 2 is 2.18 bits per heavy atom. The Balaban J connectivity index is 2.54. The maximum atomic E-state index is 11.4. The molecule has 0 aromatic rings. The SMILES string of the molecule is CCC1(CC)CN=C(NC(C)C(=O)NC)SC1. The van der Waals surface area contributed by atoms with Crippen LogP contribution in [0.4, 0.5) is 0 Å². The van der Waals surface area contributed by atoms with Gasteiger partial charge in [-0.25, -0.2) is 0 Å². The van der Waals surface area contributed by atoms with E-state index in [1.54, 1.807) is 18.8 Å². The molecule has 0 saturated carbocycles. The fraction of sp³-hybridized carbons (Fsp3) is 0.833. The molecule has 1 aliphatic heterocycles. The molecule has 1 atom stereocenters. The fourth-order valence-electron chi connectivity index (χ4n) is 1.78. The summed E-state index contributed by atoms with van der Waals surface area (Å²) in [5, 5.41) is 6.69. The van der Waals surface area contributed by atoms with Crippen molar-refractivity contribution in [3.63, 3.8) is 0 Å². The normalized spacial score (nSPS) is 20.4. The minimum absolute atomic E-state index is 0.00359. The number of carbonyl (C=O) groups is 1. The molecule has 4 nitrogen and oxygen atoms in total. The molecule has 0 fully saturated rings. The number of rotatable bonds is 4. The van der Waals surface area contributed by atoms with Gasteiger partial charge in [0.25, 0.3) is 0 Å². The van der Waals surface area contributed by atoms with Crippen molar-refractivity contribution in [2.45, 2.75) is 39.7 Å². The molecule has 5 heteroatoms. The van der Waals surface area contributed by atoms with E-state index in [1.807, 2.05) is 6.92 Å². The highest BCUT2D eigenvalue weighted by molar-refractivity contribution is 8.13. The number of nitrogens with one attached hydrogen (secondary N) is 2. The predicted octanol–water partition coefficient (Wildman–Crippen LogP) is 1.62. The van der Waals surface area contributed by atoms with Crippen LogP contribution in [0.3, 0.4) is 0 Å². The lowest BCUT2D eigenvalue weighted by Crippen LogP contribution is -2.44. The second kappa shape index (κ2) is 6.28. The van der Waals surface area contributed by atoms with Gasteiger partial charge >= 0.3 is 0 Å². The number of likely N-dealkylation sites (N-methyl/N-ethyl adjacent to an activating group) is 1. The molecule has 0 bridgehead atoms. The predicted molar refractivity (Wildman–Crippen MR) is 74.4 cm³/mol. The number of amidine groups is 1. The molecule has 1 aliphatic rings. The summed E-state index contributed by atoms with van der Waals surface area (Å²) >= 11 is 1.73. The molecule has 0 spiro atoms. The van der Waals surface area contributed by atoms with Crippen molar-refractivity contribution >= 4 is 22.8 Å². The summed E-state index contributed by atoms with van der Waals surface area (Å²) < 4.78 is 0. The summed E-state index contributed by atoms with van der Waals surface area (Å²) in [6.07, 6.45) is 2.33. The van der Waals surface area contributed by atoms with Crippen molar-refractivity contribution in [3.8, 4) is 0 Å². The van der Waals surface area contributed by atoms with Crippen LogP contribution in [0.25, 0.3) is 0 Å². The molecule has 1 amide bonds. The molecule has 1 unspecified atom stereocenters. The average Bonchev–Trinajstić information content (AvgIpc) is 2.39. The van der Waals surface area contributed by atoms with Gasteiger partial charge in [-0.3, -0.25) is 9.79 Å². The standard InChI is InChI=1S/C12H23N3OS/c1-5-12(6-2)7-14-11(17-8-12)15-9(3)10(16)13-4/h9H,5-8H2,1-4H3,(H,13,16)(H,14,15). The zero-order chi connectivity index (χ0) is 12.9. The first-order chi connectivity index (χ1) is 8.06. The third-order valence-corrected chi connectivity index (χ3v) is 4.83. The molecular weight excluding hydrogens is 234 g/mol. The van der Waals surface area contributed by atoms with Gasteiger partial charge in [-0.2, -0.15) is 0 Å². The average molecular weight is 257 g/mol. The van der Waals surface area contributed by atoms with Gasteiger partial charge in [-0.15, -0.1) is 0 Å². The molecule has 0 radical (unpaired) electrons. The van der Waals surface area contributed by atoms with Crippen LogP contribution in [0.1, 0.15) is 33.6 Å². The van der Waals surface area contributed by atoms with Crippen molar-refractivity contribution in [1.82, 2.24) is 10.6 Å². The van der Waals surface area contributed by atoms with Crippen LogP contribution >= 0.6 is 11.8 Å². The van der Waals surface area contributed by atoms with E-state index in [9.17, 15) is 4.79 Å². The highest BCUT2D eigenvalue weighted by Crippen LogP contribution is 2.34. The van der Waals surface area contributed by atoms with Gasteiger partial charge in [0.1, 0.15) is 6.04 Å². The van der Waals surface area contributed by atoms with Crippen LogP contribution < -0.4 is 10.6 Å². The quantitative estimate of drug-likeness (QED) is 0.804. The van der Waals surface area contributed by atoms with Crippen LogP contribution in [0, 0.1) is 5.41 Å². The highest BCUT2D eigenvalue weighted by Gasteiger charge is 2.30. The molecule has 0 aromatic heterocycles. The molecule has 0 saturated heterocycles. The van der Waals surface area contributed by atoms with Gasteiger partial charge in [-0.05, 0) is 25.2 Å². The molecule has 0 aliphatic carbocycles. The summed E-state index contributed by atoms with van der Waals surface area (Å²) in [5.74, 6) is 1.09. The van der Waals surface area contributed by atoms with E-state index in [2.05, 4.69) is 29.5 Å². The van der Waals surface area contributed by atoms with Gasteiger partial charge in [0.2, 0.25) is 5.91 Å². The van der Waals surface area contributed by atoms with E-state index in [0.717, 1.165) is 30.3 Å². The van der Waals surface area contributed by atoms with Crippen molar-refractivity contribution in [2.75, 3.05) is 19.3 Å². The van der Waals surface area contributed by atoms with Crippen LogP contribution in [0.2, 0.25) is 0 Å². The Morgan fingerprint density at radius 3 is 2.59 bits per heavy atom. The largest absolute Gasteiger partial charge is 0.357 e. The lowest BCUT2D eigenvalue weighted by atomic mass is 9.84. The third kappa shape index (κ3) is 3.63. The van der Waals surface area contributed by atoms with E-state index in [-0.39, 0.29) is 11.9 Å². The van der Waals surface area contributed by atoms with E-state index in [4.69, 9.17) is 0 Å². The first-order valence-corrected chi connectivity index (χ1v) is 7.21. The summed E-state index contributed by atoms with van der Waals surface area (Å²) in [4.78, 5) is 16.0. The Kier molecular flexibility index (Phi) is 5.31. The summed E-state index contributed by atoms with van der Waals surface area (Å²) in [5.41, 5.74) is 0.353. The minimum atomic E-state index is -0.220. The van der Waals surface area contributed by atoms with E-state index in [0.29, 0.717) is 5.41 Å². The van der Waals surface area contributed by atoms with Gasteiger partial charge in [-0.1, -0.05) is 25.6 Å². The van der Waals surface area contributed by atoms with Crippen LogP contribution in [-0.2, 0) is 4.79 Å². The van der Waals surface area contributed by atoms with Crippen molar-refractivity contribution in [2.24, 2.45) is 10.4 Å². The topological polar surface area (TPSA) is 53.5 Å². The van der Waals surface area contributed by atoms with Crippen LogP contribution in [-0.4, -0.2) is 36.5 Å². The lowest BCUT2D eigenvalue weighted by molar-refractivity contribution is -0.121. The maximum Gasteiger partial charge on any atom is 0.242 e. The molecule has 98 valence electrons. The fourth-order valence-corrected chi connectivity index (χ4v) is 3.14. The second-order valence-corrected chi connectivity index (χ2v) is 5.56. The van der Waals surface area contributed by atoms with E-state index in [1.165, 1.54) is 0 Å². The molecule has 2 N–H and O–H groups in total. The van der Waals surface area contributed by atoms with E-state index < -0.39 is 0 Å². The molecule has 17 heavy (non-hydrogen) atoms. The van der Waals surface area contributed by atoms with Crippen molar-refractivity contribution in [1.29, 1.82) is 0 Å². The number of thioether (sulfide) groups is 1. The maximum absolute atomic E-state index is 11.4. The number of hydrogen-bond donors (Lipinski definition) is 2. The van der Waals surface area contributed by atoms with Gasteiger partial charge in [0, 0.05) is 19.3 Å². The summed E-state index contributed by atoms with van der Waals surface area (Å²) in [7, 11) is 1.65. The number of hydrogen-bond acceptors (Lipinski definition) is 4. The Bertz CT molecular complexity index is 300. The second-order valence-electron chi connectivity index (χ2n) is 4.60. The minimum Gasteiger partial charge on any atom is -0.357 e. The van der Waals surface area contributed by atoms with Crippen LogP contribution in [0.5, 0.6) is 0 Å². The number of aliphatic imine (C=N–C) groups is 1. The van der Waals surface area contributed by atoms with E-state index >= 15 is 0 Å². The third-order valence-electron chi connectivity index (χ3n) is 3.55. The number of amides is 1.